The Kier molecular flexibility index (Phi) is 6.94. The van der Waals surface area contributed by atoms with Gasteiger partial charge in [0.05, 0.1) is 0 Å². The molecular weight excluding hydrogens is 341 g/mol. The summed E-state index contributed by atoms with van der Waals surface area (Å²) >= 11 is 0. The van der Waals surface area contributed by atoms with E-state index in [0.717, 1.165) is 0 Å². The van der Waals surface area contributed by atoms with Gasteiger partial charge in [-0.1, -0.05) is 6.07 Å². The SMILES string of the molecule is CC(=O)N[C@@H](CCC(N)=O)C(=O)N1CCC(Oc2cccc(F)c2)CC1. The Labute approximate surface area is 151 Å². The van der Waals surface area contributed by atoms with Gasteiger partial charge in [-0.2, -0.15) is 0 Å². The second-order valence-electron chi connectivity index (χ2n) is 6.36. The molecule has 0 saturated carbocycles. The van der Waals surface area contributed by atoms with Crippen LogP contribution in [0.5, 0.6) is 5.75 Å². The van der Waals surface area contributed by atoms with Crippen LogP contribution in [0.4, 0.5) is 4.39 Å². The minimum absolute atomic E-state index is 0.0236. The molecule has 7 nitrogen and oxygen atoms in total. The number of hydrogen-bond donors (Lipinski definition) is 2. The Balaban J connectivity index is 1.88. The fourth-order valence-corrected chi connectivity index (χ4v) is 2.94. The van der Waals surface area contributed by atoms with Crippen LogP contribution in [0.25, 0.3) is 0 Å². The number of likely N-dealkylation sites (tertiary alicyclic amines) is 1. The maximum atomic E-state index is 13.2. The molecule has 3 N–H and O–H groups in total. The summed E-state index contributed by atoms with van der Waals surface area (Å²) < 4.78 is 19.0. The van der Waals surface area contributed by atoms with Gasteiger partial charge in [0.15, 0.2) is 0 Å². The number of amides is 3. The van der Waals surface area contributed by atoms with Gasteiger partial charge in [-0.15, -0.1) is 0 Å². The maximum Gasteiger partial charge on any atom is 0.245 e. The fourth-order valence-electron chi connectivity index (χ4n) is 2.94. The van der Waals surface area contributed by atoms with E-state index in [1.165, 1.54) is 19.1 Å². The Morgan fingerprint density at radius 1 is 1.35 bits per heavy atom. The summed E-state index contributed by atoms with van der Waals surface area (Å²) in [6.45, 7) is 2.25. The van der Waals surface area contributed by atoms with Crippen molar-refractivity contribution in [3.05, 3.63) is 30.1 Å². The smallest absolute Gasteiger partial charge is 0.245 e. The van der Waals surface area contributed by atoms with E-state index in [1.54, 1.807) is 17.0 Å². The summed E-state index contributed by atoms with van der Waals surface area (Å²) in [6.07, 6.45) is 1.30. The standard InChI is InChI=1S/C18H24FN3O4/c1-12(23)21-16(5-6-17(20)24)18(25)22-9-7-14(8-10-22)26-15-4-2-3-13(19)11-15/h2-4,11,14,16H,5-10H2,1H3,(H2,20,24)(H,21,23)/t16-/m0/s1. The summed E-state index contributed by atoms with van der Waals surface area (Å²) in [6, 6.07) is 5.19. The van der Waals surface area contributed by atoms with Crippen molar-refractivity contribution in [2.24, 2.45) is 5.73 Å². The van der Waals surface area contributed by atoms with Gasteiger partial charge in [0.25, 0.3) is 0 Å². The van der Waals surface area contributed by atoms with Gasteiger partial charge < -0.3 is 20.7 Å². The van der Waals surface area contributed by atoms with Crippen molar-refractivity contribution < 1.29 is 23.5 Å². The number of benzene rings is 1. The van der Waals surface area contributed by atoms with Crippen LogP contribution in [0, 0.1) is 5.82 Å². The number of ether oxygens (including phenoxy) is 1. The molecular formula is C18H24FN3O4. The van der Waals surface area contributed by atoms with Crippen LogP contribution in [0.1, 0.15) is 32.6 Å². The number of hydrogen-bond acceptors (Lipinski definition) is 4. The van der Waals surface area contributed by atoms with Crippen LogP contribution in [0.15, 0.2) is 24.3 Å². The van der Waals surface area contributed by atoms with Crippen LogP contribution in [0.3, 0.4) is 0 Å². The molecule has 142 valence electrons. The molecule has 1 aliphatic rings. The minimum Gasteiger partial charge on any atom is -0.490 e. The van der Waals surface area contributed by atoms with Crippen molar-refractivity contribution in [3.8, 4) is 5.75 Å². The average Bonchev–Trinajstić information content (AvgIpc) is 2.58. The fraction of sp³-hybridized carbons (Fsp3) is 0.500. The molecule has 0 aromatic heterocycles. The highest BCUT2D eigenvalue weighted by Crippen LogP contribution is 2.20. The van der Waals surface area contributed by atoms with E-state index in [1.807, 2.05) is 0 Å². The van der Waals surface area contributed by atoms with E-state index in [4.69, 9.17) is 10.5 Å². The van der Waals surface area contributed by atoms with Crippen molar-refractivity contribution in [1.29, 1.82) is 0 Å². The summed E-state index contributed by atoms with van der Waals surface area (Å²) in [4.78, 5) is 36.6. The van der Waals surface area contributed by atoms with E-state index in [2.05, 4.69) is 5.32 Å². The highest BCUT2D eigenvalue weighted by atomic mass is 19.1. The van der Waals surface area contributed by atoms with Gasteiger partial charge in [-0.3, -0.25) is 14.4 Å². The van der Waals surface area contributed by atoms with Gasteiger partial charge in [-0.05, 0) is 18.6 Å². The van der Waals surface area contributed by atoms with Crippen molar-refractivity contribution in [2.45, 2.75) is 44.8 Å². The summed E-state index contributed by atoms with van der Waals surface area (Å²) in [5, 5.41) is 2.58. The molecule has 0 radical (unpaired) electrons. The summed E-state index contributed by atoms with van der Waals surface area (Å²) in [5.41, 5.74) is 5.13. The number of carbonyl (C=O) groups excluding carboxylic acids is 3. The van der Waals surface area contributed by atoms with Gasteiger partial charge in [0, 0.05) is 45.3 Å². The number of rotatable bonds is 7. The molecule has 0 aliphatic carbocycles. The Morgan fingerprint density at radius 2 is 2.04 bits per heavy atom. The molecule has 1 heterocycles. The molecule has 26 heavy (non-hydrogen) atoms. The third kappa shape index (κ3) is 6.02. The molecule has 1 aliphatic heterocycles. The molecule has 1 saturated heterocycles. The number of nitrogens with zero attached hydrogens (tertiary/aromatic N) is 1. The van der Waals surface area contributed by atoms with Crippen LogP contribution >= 0.6 is 0 Å². The molecule has 0 spiro atoms. The number of nitrogens with two attached hydrogens (primary N) is 1. The zero-order valence-corrected chi connectivity index (χ0v) is 14.7. The third-order valence-corrected chi connectivity index (χ3v) is 4.21. The summed E-state index contributed by atoms with van der Waals surface area (Å²) in [5.74, 6) is -0.978. The first-order chi connectivity index (χ1) is 12.3. The first kappa shape index (κ1) is 19.7. The van der Waals surface area contributed by atoms with Crippen LogP contribution < -0.4 is 15.8 Å². The van der Waals surface area contributed by atoms with Crippen molar-refractivity contribution >= 4 is 17.7 Å². The van der Waals surface area contributed by atoms with Gasteiger partial charge in [-0.25, -0.2) is 4.39 Å². The molecule has 1 fully saturated rings. The van der Waals surface area contributed by atoms with Crippen molar-refractivity contribution in [3.63, 3.8) is 0 Å². The lowest BCUT2D eigenvalue weighted by molar-refractivity contribution is -0.138. The van der Waals surface area contributed by atoms with E-state index in [0.29, 0.717) is 31.7 Å². The van der Waals surface area contributed by atoms with Gasteiger partial charge in [0.2, 0.25) is 17.7 Å². The molecule has 1 atom stereocenters. The third-order valence-electron chi connectivity index (χ3n) is 4.21. The van der Waals surface area contributed by atoms with Crippen molar-refractivity contribution in [2.75, 3.05) is 13.1 Å². The quantitative estimate of drug-likeness (QED) is 0.751. The number of piperidine rings is 1. The number of halogens is 1. The molecule has 1 aromatic rings. The molecule has 3 amide bonds. The van der Waals surface area contributed by atoms with Crippen LogP contribution in [-0.4, -0.2) is 47.9 Å². The second kappa shape index (κ2) is 9.17. The molecule has 0 unspecified atom stereocenters. The lowest BCUT2D eigenvalue weighted by atomic mass is 10.0. The monoisotopic (exact) mass is 365 g/mol. The highest BCUT2D eigenvalue weighted by molar-refractivity contribution is 5.87. The van der Waals surface area contributed by atoms with Crippen molar-refractivity contribution in [1.82, 2.24) is 10.2 Å². The predicted octanol–water partition coefficient (Wildman–Crippen LogP) is 0.966. The first-order valence-electron chi connectivity index (χ1n) is 8.61. The molecule has 1 aromatic carbocycles. The van der Waals surface area contributed by atoms with E-state index in [-0.39, 0.29) is 36.6 Å². The lowest BCUT2D eigenvalue weighted by Gasteiger charge is -2.34. The average molecular weight is 365 g/mol. The molecule has 2 rings (SSSR count). The number of carbonyl (C=O) groups is 3. The topological polar surface area (TPSA) is 102 Å². The van der Waals surface area contributed by atoms with Gasteiger partial charge >= 0.3 is 0 Å². The molecule has 0 bridgehead atoms. The number of primary amides is 1. The maximum absolute atomic E-state index is 13.2. The first-order valence-corrected chi connectivity index (χ1v) is 8.61. The number of nitrogens with one attached hydrogen (secondary N) is 1. The van der Waals surface area contributed by atoms with Crippen LogP contribution in [-0.2, 0) is 14.4 Å². The minimum atomic E-state index is -0.763. The van der Waals surface area contributed by atoms with E-state index in [9.17, 15) is 18.8 Å². The van der Waals surface area contributed by atoms with Crippen LogP contribution in [0.2, 0.25) is 0 Å². The normalized spacial score (nSPS) is 16.0. The van der Waals surface area contributed by atoms with Gasteiger partial charge in [0.1, 0.15) is 23.7 Å². The second-order valence-corrected chi connectivity index (χ2v) is 6.36. The lowest BCUT2D eigenvalue weighted by Crippen LogP contribution is -2.51. The Bertz CT molecular complexity index is 660. The zero-order valence-electron chi connectivity index (χ0n) is 14.7. The molecule has 8 heteroatoms. The largest absolute Gasteiger partial charge is 0.490 e. The Hall–Kier alpha value is -2.64. The van der Waals surface area contributed by atoms with E-state index < -0.39 is 11.9 Å². The zero-order chi connectivity index (χ0) is 19.1. The Morgan fingerprint density at radius 3 is 2.62 bits per heavy atom. The highest BCUT2D eigenvalue weighted by Gasteiger charge is 2.29. The predicted molar refractivity (Wildman–Crippen MR) is 92.7 cm³/mol. The van der Waals surface area contributed by atoms with E-state index >= 15 is 0 Å². The summed E-state index contributed by atoms with van der Waals surface area (Å²) in [7, 11) is 0.